The molecule has 0 aliphatic carbocycles. The van der Waals surface area contributed by atoms with Gasteiger partial charge in [0.25, 0.3) is 5.92 Å². The zero-order valence-corrected chi connectivity index (χ0v) is 20.4. The second-order valence-electron chi connectivity index (χ2n) is 9.74. The van der Waals surface area contributed by atoms with E-state index in [2.05, 4.69) is 20.4 Å². The van der Waals surface area contributed by atoms with E-state index >= 15 is 8.78 Å². The number of nitrogen functional groups attached to an aromatic ring is 1. The summed E-state index contributed by atoms with van der Waals surface area (Å²) < 4.78 is 58.7. The van der Waals surface area contributed by atoms with Gasteiger partial charge < -0.3 is 15.2 Å². The quantitative estimate of drug-likeness (QED) is 0.417. The first-order valence-electron chi connectivity index (χ1n) is 12.1. The zero-order chi connectivity index (χ0) is 25.9. The molecule has 10 nitrogen and oxygen atoms in total. The summed E-state index contributed by atoms with van der Waals surface area (Å²) >= 11 is 0. The van der Waals surface area contributed by atoms with E-state index < -0.39 is 24.6 Å². The van der Waals surface area contributed by atoms with Crippen molar-refractivity contribution in [1.82, 2.24) is 34.5 Å². The highest BCUT2D eigenvalue weighted by atomic mass is 19.3. The first kappa shape index (κ1) is 23.9. The van der Waals surface area contributed by atoms with Crippen LogP contribution in [0.3, 0.4) is 0 Å². The standard InChI is InChI=1S/C24H27F3N8O2/c1-13(8-25)35-19-7-14(3-4-18(19)30-32-35)20-16(9-34-21(20)22(36-2)29-23(28)31-34)17-5-6-33(12-24(17,26)27)15-10-37-11-15/h3-4,7,9,13,15,17H,5-6,8,10-12H2,1-2H3,(H2,28,31)/t13-,17+/m0/s1. The third-order valence-corrected chi connectivity index (χ3v) is 7.38. The summed E-state index contributed by atoms with van der Waals surface area (Å²) in [6.45, 7) is 2.20. The predicted molar refractivity (Wildman–Crippen MR) is 130 cm³/mol. The first-order chi connectivity index (χ1) is 17.8. The lowest BCUT2D eigenvalue weighted by atomic mass is 9.83. The molecule has 0 saturated carbocycles. The van der Waals surface area contributed by atoms with E-state index in [0.717, 1.165) is 0 Å². The Balaban J connectivity index is 1.54. The SMILES string of the molecule is COc1nc(N)nn2cc([C@H]3CCN(C4COC4)CC3(F)F)c(-c3ccc4nnn([C@@H](C)CF)c4c3)c12. The van der Waals surface area contributed by atoms with E-state index in [1.165, 1.54) is 16.3 Å². The summed E-state index contributed by atoms with van der Waals surface area (Å²) in [5.41, 5.74) is 9.04. The molecule has 6 rings (SSSR count). The Kier molecular flexibility index (Phi) is 5.71. The Bertz CT molecular complexity index is 1470. The van der Waals surface area contributed by atoms with E-state index in [9.17, 15) is 4.39 Å². The summed E-state index contributed by atoms with van der Waals surface area (Å²) in [6, 6.07) is 4.81. The second-order valence-corrected chi connectivity index (χ2v) is 9.74. The van der Waals surface area contributed by atoms with Gasteiger partial charge >= 0.3 is 0 Å². The largest absolute Gasteiger partial charge is 0.479 e. The Morgan fingerprint density at radius 2 is 2.11 bits per heavy atom. The second kappa shape index (κ2) is 8.84. The van der Waals surface area contributed by atoms with Crippen LogP contribution >= 0.6 is 0 Å². The lowest BCUT2D eigenvalue weighted by molar-refractivity contribution is -0.136. The number of hydrogen-bond donors (Lipinski definition) is 1. The Hall–Kier alpha value is -3.45. The molecular weight excluding hydrogens is 489 g/mol. The molecule has 0 radical (unpaired) electrons. The van der Waals surface area contributed by atoms with Crippen molar-refractivity contribution in [3.63, 3.8) is 0 Å². The van der Waals surface area contributed by atoms with Crippen LogP contribution in [0.5, 0.6) is 5.88 Å². The van der Waals surface area contributed by atoms with Gasteiger partial charge in [0, 0.05) is 11.8 Å². The molecule has 3 aromatic heterocycles. The molecule has 0 unspecified atom stereocenters. The Morgan fingerprint density at radius 3 is 2.78 bits per heavy atom. The van der Waals surface area contributed by atoms with Crippen LogP contribution in [0.15, 0.2) is 24.4 Å². The molecule has 2 atom stereocenters. The van der Waals surface area contributed by atoms with E-state index in [1.54, 1.807) is 31.3 Å². The lowest BCUT2D eigenvalue weighted by Crippen LogP contribution is -2.57. The number of rotatable bonds is 6. The van der Waals surface area contributed by atoms with Crippen LogP contribution in [0.4, 0.5) is 19.1 Å². The number of likely N-dealkylation sites (tertiary alicyclic amines) is 1. The molecule has 37 heavy (non-hydrogen) atoms. The topological polar surface area (TPSA) is 109 Å². The number of benzene rings is 1. The third-order valence-electron chi connectivity index (χ3n) is 7.38. The van der Waals surface area contributed by atoms with Crippen molar-refractivity contribution in [2.24, 2.45) is 0 Å². The van der Waals surface area contributed by atoms with Gasteiger partial charge in [0.1, 0.15) is 17.7 Å². The maximum Gasteiger partial charge on any atom is 0.267 e. The molecule has 0 spiro atoms. The van der Waals surface area contributed by atoms with E-state index in [4.69, 9.17) is 15.2 Å². The smallest absolute Gasteiger partial charge is 0.267 e. The van der Waals surface area contributed by atoms with Crippen LogP contribution in [0, 0.1) is 0 Å². The predicted octanol–water partition coefficient (Wildman–Crippen LogP) is 3.09. The highest BCUT2D eigenvalue weighted by molar-refractivity contribution is 5.91. The van der Waals surface area contributed by atoms with Gasteiger partial charge in [-0.3, -0.25) is 4.90 Å². The highest BCUT2D eigenvalue weighted by Crippen LogP contribution is 2.47. The molecule has 1 aromatic carbocycles. The number of alkyl halides is 3. The number of nitrogens with zero attached hydrogens (tertiary/aromatic N) is 7. The fourth-order valence-corrected chi connectivity index (χ4v) is 5.37. The van der Waals surface area contributed by atoms with Crippen molar-refractivity contribution in [3.8, 4) is 17.0 Å². The monoisotopic (exact) mass is 516 g/mol. The number of aromatic nitrogens is 6. The molecule has 2 aliphatic rings. The molecule has 5 heterocycles. The molecule has 0 amide bonds. The first-order valence-corrected chi connectivity index (χ1v) is 12.1. The summed E-state index contributed by atoms with van der Waals surface area (Å²) in [5, 5.41) is 12.5. The number of ether oxygens (including phenoxy) is 2. The van der Waals surface area contributed by atoms with Crippen molar-refractivity contribution in [2.75, 3.05) is 45.8 Å². The van der Waals surface area contributed by atoms with Crippen LogP contribution in [0.25, 0.3) is 27.7 Å². The molecule has 2 N–H and O–H groups in total. The molecule has 2 aliphatic heterocycles. The molecule has 2 fully saturated rings. The normalized spacial score (nSPS) is 21.4. The molecule has 4 aromatic rings. The number of hydrogen-bond acceptors (Lipinski definition) is 8. The average Bonchev–Trinajstić information content (AvgIpc) is 3.42. The summed E-state index contributed by atoms with van der Waals surface area (Å²) in [7, 11) is 1.44. The van der Waals surface area contributed by atoms with Crippen LogP contribution < -0.4 is 10.5 Å². The van der Waals surface area contributed by atoms with Gasteiger partial charge in [-0.2, -0.15) is 4.98 Å². The van der Waals surface area contributed by atoms with Gasteiger partial charge in [0.2, 0.25) is 11.8 Å². The Labute approximate surface area is 210 Å². The van der Waals surface area contributed by atoms with Gasteiger partial charge in [0.15, 0.2) is 0 Å². The molecule has 2 saturated heterocycles. The highest BCUT2D eigenvalue weighted by Gasteiger charge is 2.49. The molecular formula is C24H27F3N8O2. The van der Waals surface area contributed by atoms with Crippen LogP contribution in [0.1, 0.15) is 30.9 Å². The van der Waals surface area contributed by atoms with Crippen molar-refractivity contribution in [1.29, 1.82) is 0 Å². The van der Waals surface area contributed by atoms with Gasteiger partial charge in [-0.15, -0.1) is 10.2 Å². The summed E-state index contributed by atoms with van der Waals surface area (Å²) in [5.74, 6) is -3.95. The van der Waals surface area contributed by atoms with Crippen molar-refractivity contribution in [2.45, 2.75) is 37.3 Å². The van der Waals surface area contributed by atoms with Gasteiger partial charge in [0.05, 0.1) is 50.4 Å². The lowest BCUT2D eigenvalue weighted by Gasteiger charge is -2.44. The van der Waals surface area contributed by atoms with Crippen molar-refractivity contribution in [3.05, 3.63) is 30.0 Å². The summed E-state index contributed by atoms with van der Waals surface area (Å²) in [6.07, 6.45) is 1.84. The number of nitrogens with two attached hydrogens (primary N) is 1. The minimum Gasteiger partial charge on any atom is -0.479 e. The zero-order valence-electron chi connectivity index (χ0n) is 20.4. The fourth-order valence-electron chi connectivity index (χ4n) is 5.37. The number of piperidine rings is 1. The van der Waals surface area contributed by atoms with Crippen LogP contribution in [-0.4, -0.2) is 86.5 Å². The van der Waals surface area contributed by atoms with Gasteiger partial charge in [-0.25, -0.2) is 22.4 Å². The molecule has 13 heteroatoms. The number of methoxy groups -OCH3 is 1. The van der Waals surface area contributed by atoms with Gasteiger partial charge in [-0.1, -0.05) is 11.3 Å². The number of halogens is 3. The Morgan fingerprint density at radius 1 is 1.30 bits per heavy atom. The van der Waals surface area contributed by atoms with E-state index in [-0.39, 0.29) is 30.8 Å². The number of anilines is 1. The van der Waals surface area contributed by atoms with Gasteiger partial charge in [-0.05, 0) is 43.1 Å². The minimum absolute atomic E-state index is 0.0258. The van der Waals surface area contributed by atoms with Crippen molar-refractivity contribution < 1.29 is 22.6 Å². The molecule has 196 valence electrons. The maximum atomic E-state index is 15.8. The maximum absolute atomic E-state index is 15.8. The average molecular weight is 517 g/mol. The summed E-state index contributed by atoms with van der Waals surface area (Å²) in [4.78, 5) is 6.01. The van der Waals surface area contributed by atoms with Crippen LogP contribution in [-0.2, 0) is 4.74 Å². The fraction of sp³-hybridized carbons (Fsp3) is 0.500. The van der Waals surface area contributed by atoms with Crippen LogP contribution in [0.2, 0.25) is 0 Å². The van der Waals surface area contributed by atoms with E-state index in [0.29, 0.717) is 53.0 Å². The van der Waals surface area contributed by atoms with Crippen molar-refractivity contribution >= 4 is 22.5 Å². The minimum atomic E-state index is -3.00. The third kappa shape index (κ3) is 3.87. The van der Waals surface area contributed by atoms with E-state index in [1.807, 2.05) is 4.90 Å². The molecule has 0 bridgehead atoms. The number of fused-ring (bicyclic) bond motifs is 2.